The standard InChI is InChI=1S/C18H21N3O2S/c1-3-21(18(22)14-11-24-17(20-14)8-9-19)12(2)16-10-13-6-4-5-7-15(13)23-16/h4-7,10-12H,3,8-9,19H2,1-2H3. The number of furan rings is 1. The Bertz CT molecular complexity index is 807. The molecule has 1 unspecified atom stereocenters. The van der Waals surface area contributed by atoms with Crippen molar-refractivity contribution in [1.82, 2.24) is 9.88 Å². The van der Waals surface area contributed by atoms with Crippen LogP contribution in [0.2, 0.25) is 0 Å². The fourth-order valence-corrected chi connectivity index (χ4v) is 3.54. The molecule has 0 bridgehead atoms. The number of carbonyl (C=O) groups excluding carboxylic acids is 1. The Labute approximate surface area is 145 Å². The highest BCUT2D eigenvalue weighted by Crippen LogP contribution is 2.28. The van der Waals surface area contributed by atoms with Crippen LogP contribution in [0.1, 0.15) is 41.1 Å². The van der Waals surface area contributed by atoms with Crippen molar-refractivity contribution >= 4 is 28.2 Å². The first-order valence-electron chi connectivity index (χ1n) is 8.08. The van der Waals surface area contributed by atoms with Gasteiger partial charge in [0, 0.05) is 23.7 Å². The maximum Gasteiger partial charge on any atom is 0.273 e. The molecule has 5 nitrogen and oxygen atoms in total. The van der Waals surface area contributed by atoms with Crippen LogP contribution in [0.3, 0.4) is 0 Å². The van der Waals surface area contributed by atoms with Crippen molar-refractivity contribution in [2.75, 3.05) is 13.1 Å². The number of benzene rings is 1. The van der Waals surface area contributed by atoms with E-state index in [1.807, 2.05) is 44.2 Å². The number of amides is 1. The Hall–Kier alpha value is -2.18. The minimum Gasteiger partial charge on any atom is -0.459 e. The number of hydrogen-bond acceptors (Lipinski definition) is 5. The van der Waals surface area contributed by atoms with Crippen molar-refractivity contribution < 1.29 is 9.21 Å². The van der Waals surface area contributed by atoms with Crippen LogP contribution in [0, 0.1) is 0 Å². The lowest BCUT2D eigenvalue weighted by atomic mass is 10.2. The second kappa shape index (κ2) is 7.15. The van der Waals surface area contributed by atoms with E-state index in [0.29, 0.717) is 25.2 Å². The number of aromatic nitrogens is 1. The lowest BCUT2D eigenvalue weighted by Crippen LogP contribution is -2.33. The highest BCUT2D eigenvalue weighted by atomic mass is 32.1. The zero-order chi connectivity index (χ0) is 17.1. The summed E-state index contributed by atoms with van der Waals surface area (Å²) in [5, 5.41) is 3.75. The predicted molar refractivity (Wildman–Crippen MR) is 96.2 cm³/mol. The number of fused-ring (bicyclic) bond motifs is 1. The third-order valence-corrected chi connectivity index (χ3v) is 4.96. The molecule has 0 radical (unpaired) electrons. The van der Waals surface area contributed by atoms with Crippen LogP contribution in [0.4, 0.5) is 0 Å². The Kier molecular flexibility index (Phi) is 4.97. The summed E-state index contributed by atoms with van der Waals surface area (Å²) >= 11 is 1.48. The van der Waals surface area contributed by atoms with E-state index in [0.717, 1.165) is 21.7 Å². The van der Waals surface area contributed by atoms with Crippen LogP contribution in [0.5, 0.6) is 0 Å². The average molecular weight is 343 g/mol. The van der Waals surface area contributed by atoms with Crippen LogP contribution in [0.15, 0.2) is 40.1 Å². The van der Waals surface area contributed by atoms with Gasteiger partial charge in [-0.25, -0.2) is 4.98 Å². The van der Waals surface area contributed by atoms with Gasteiger partial charge in [0.1, 0.15) is 17.0 Å². The number of thiazole rings is 1. The van der Waals surface area contributed by atoms with E-state index < -0.39 is 0 Å². The molecule has 2 heterocycles. The molecule has 0 saturated carbocycles. The van der Waals surface area contributed by atoms with Gasteiger partial charge < -0.3 is 15.1 Å². The van der Waals surface area contributed by atoms with Gasteiger partial charge in [-0.05, 0) is 32.5 Å². The molecule has 2 N–H and O–H groups in total. The third kappa shape index (κ3) is 3.20. The van der Waals surface area contributed by atoms with E-state index in [1.165, 1.54) is 11.3 Å². The minimum absolute atomic E-state index is 0.0787. The molecule has 1 amide bonds. The van der Waals surface area contributed by atoms with Gasteiger partial charge in [-0.15, -0.1) is 11.3 Å². The average Bonchev–Trinajstić information content (AvgIpc) is 3.22. The van der Waals surface area contributed by atoms with Crippen LogP contribution < -0.4 is 5.73 Å². The molecular formula is C18H21N3O2S. The van der Waals surface area contributed by atoms with Crippen molar-refractivity contribution in [3.63, 3.8) is 0 Å². The molecule has 0 aliphatic heterocycles. The largest absolute Gasteiger partial charge is 0.459 e. The summed E-state index contributed by atoms with van der Waals surface area (Å²) in [6, 6.07) is 9.70. The van der Waals surface area contributed by atoms with Crippen molar-refractivity contribution in [3.05, 3.63) is 52.2 Å². The number of nitrogens with zero attached hydrogens (tertiary/aromatic N) is 2. The van der Waals surface area contributed by atoms with Gasteiger partial charge >= 0.3 is 0 Å². The van der Waals surface area contributed by atoms with E-state index in [1.54, 1.807) is 10.3 Å². The van der Waals surface area contributed by atoms with Crippen molar-refractivity contribution in [2.45, 2.75) is 26.3 Å². The summed E-state index contributed by atoms with van der Waals surface area (Å²) in [7, 11) is 0. The Morgan fingerprint density at radius 3 is 2.92 bits per heavy atom. The summed E-state index contributed by atoms with van der Waals surface area (Å²) in [6.45, 7) is 5.06. The van der Waals surface area contributed by atoms with Crippen LogP contribution >= 0.6 is 11.3 Å². The van der Waals surface area contributed by atoms with E-state index >= 15 is 0 Å². The van der Waals surface area contributed by atoms with Crippen molar-refractivity contribution in [1.29, 1.82) is 0 Å². The second-order valence-corrected chi connectivity index (χ2v) is 6.56. The number of nitrogens with two attached hydrogens (primary N) is 1. The number of rotatable bonds is 6. The number of para-hydroxylation sites is 1. The molecule has 6 heteroatoms. The third-order valence-electron chi connectivity index (χ3n) is 4.05. The first kappa shape index (κ1) is 16.7. The van der Waals surface area contributed by atoms with Crippen molar-refractivity contribution in [2.24, 2.45) is 5.73 Å². The zero-order valence-corrected chi connectivity index (χ0v) is 14.7. The van der Waals surface area contributed by atoms with E-state index in [9.17, 15) is 4.79 Å². The molecule has 0 saturated heterocycles. The Morgan fingerprint density at radius 2 is 2.21 bits per heavy atom. The summed E-state index contributed by atoms with van der Waals surface area (Å²) in [5.41, 5.74) is 6.87. The van der Waals surface area contributed by atoms with Gasteiger partial charge in [0.05, 0.1) is 11.0 Å². The summed E-state index contributed by atoms with van der Waals surface area (Å²) in [5.74, 6) is 0.703. The molecule has 24 heavy (non-hydrogen) atoms. The highest BCUT2D eigenvalue weighted by Gasteiger charge is 2.25. The van der Waals surface area contributed by atoms with Gasteiger partial charge in [-0.3, -0.25) is 4.79 Å². The number of hydrogen-bond donors (Lipinski definition) is 1. The molecule has 0 aliphatic carbocycles. The molecule has 0 fully saturated rings. The molecule has 1 aromatic carbocycles. The lowest BCUT2D eigenvalue weighted by Gasteiger charge is -2.25. The topological polar surface area (TPSA) is 72.4 Å². The quantitative estimate of drug-likeness (QED) is 0.742. The maximum atomic E-state index is 12.8. The SMILES string of the molecule is CCN(C(=O)c1csc(CCN)n1)C(C)c1cc2ccccc2o1. The van der Waals surface area contributed by atoms with E-state index in [4.69, 9.17) is 10.2 Å². The summed E-state index contributed by atoms with van der Waals surface area (Å²) in [4.78, 5) is 19.0. The van der Waals surface area contributed by atoms with Crippen LogP contribution in [-0.2, 0) is 6.42 Å². The van der Waals surface area contributed by atoms with Gasteiger partial charge in [0.2, 0.25) is 0 Å². The van der Waals surface area contributed by atoms with Gasteiger partial charge in [-0.1, -0.05) is 18.2 Å². The molecule has 3 rings (SSSR count). The van der Waals surface area contributed by atoms with Gasteiger partial charge in [0.25, 0.3) is 5.91 Å². The minimum atomic E-state index is -0.158. The first-order chi connectivity index (χ1) is 11.6. The molecule has 1 atom stereocenters. The number of carbonyl (C=O) groups is 1. The first-order valence-corrected chi connectivity index (χ1v) is 8.96. The second-order valence-electron chi connectivity index (χ2n) is 5.62. The van der Waals surface area contributed by atoms with Crippen molar-refractivity contribution in [3.8, 4) is 0 Å². The zero-order valence-electron chi connectivity index (χ0n) is 13.9. The molecular weight excluding hydrogens is 322 g/mol. The fourth-order valence-electron chi connectivity index (χ4n) is 2.75. The van der Waals surface area contributed by atoms with E-state index in [2.05, 4.69) is 4.98 Å². The summed E-state index contributed by atoms with van der Waals surface area (Å²) in [6.07, 6.45) is 0.698. The maximum absolute atomic E-state index is 12.8. The monoisotopic (exact) mass is 343 g/mol. The normalized spacial score (nSPS) is 12.5. The van der Waals surface area contributed by atoms with Crippen LogP contribution in [0.25, 0.3) is 11.0 Å². The molecule has 3 aromatic rings. The van der Waals surface area contributed by atoms with Gasteiger partial charge in [0.15, 0.2) is 0 Å². The van der Waals surface area contributed by atoms with E-state index in [-0.39, 0.29) is 11.9 Å². The predicted octanol–water partition coefficient (Wildman–Crippen LogP) is 3.61. The van der Waals surface area contributed by atoms with Gasteiger partial charge in [-0.2, -0.15) is 0 Å². The Morgan fingerprint density at radius 1 is 1.42 bits per heavy atom. The smallest absolute Gasteiger partial charge is 0.273 e. The lowest BCUT2D eigenvalue weighted by molar-refractivity contribution is 0.0679. The fraction of sp³-hybridized carbons (Fsp3) is 0.333. The van der Waals surface area contributed by atoms with Crippen LogP contribution in [-0.4, -0.2) is 28.9 Å². The molecule has 0 aliphatic rings. The Balaban J connectivity index is 1.84. The molecule has 2 aromatic heterocycles. The highest BCUT2D eigenvalue weighted by molar-refractivity contribution is 7.09. The molecule has 0 spiro atoms. The molecule has 126 valence electrons. The summed E-state index contributed by atoms with van der Waals surface area (Å²) < 4.78 is 5.91.